The van der Waals surface area contributed by atoms with Crippen molar-refractivity contribution in [2.75, 3.05) is 0 Å². The molecule has 0 heterocycles. The van der Waals surface area contributed by atoms with Crippen LogP contribution in [0.25, 0.3) is 5.57 Å². The van der Waals surface area contributed by atoms with Gasteiger partial charge in [0.1, 0.15) is 11.5 Å². The van der Waals surface area contributed by atoms with Gasteiger partial charge in [-0.2, -0.15) is 0 Å². The Balaban J connectivity index is 0.000000948. The van der Waals surface area contributed by atoms with Crippen molar-refractivity contribution in [3.63, 3.8) is 0 Å². The van der Waals surface area contributed by atoms with Crippen molar-refractivity contribution in [1.82, 2.24) is 0 Å². The quantitative estimate of drug-likeness (QED) is 0.584. The van der Waals surface area contributed by atoms with E-state index in [-0.39, 0.29) is 0 Å². The zero-order valence-electron chi connectivity index (χ0n) is 17.3. The molecule has 0 aromatic heterocycles. The monoisotopic (exact) mass is 356 g/mol. The average molecular weight is 357 g/mol. The van der Waals surface area contributed by atoms with Crippen molar-refractivity contribution in [3.05, 3.63) is 65.7 Å². The van der Waals surface area contributed by atoms with Crippen LogP contribution in [-0.2, 0) is 0 Å². The standard InChI is InChI=1S/C18H18O2.3C2H6/c19-17-8-4-13(5-9-17)15-2-1-3-16(12-15)14-6-10-18(20)11-7-14;3*1-2/h4-12,15,19-20H,1-3H2;3*1-2H3. The van der Waals surface area contributed by atoms with Crippen molar-refractivity contribution in [1.29, 1.82) is 0 Å². The lowest BCUT2D eigenvalue weighted by atomic mass is 9.83. The highest BCUT2D eigenvalue weighted by Gasteiger charge is 2.16. The van der Waals surface area contributed by atoms with E-state index in [0.717, 1.165) is 19.3 Å². The molecule has 0 saturated carbocycles. The second-order valence-electron chi connectivity index (χ2n) is 5.33. The van der Waals surface area contributed by atoms with E-state index in [1.807, 2.05) is 65.8 Å². The smallest absolute Gasteiger partial charge is 0.115 e. The Hall–Kier alpha value is -2.22. The number of benzene rings is 2. The molecule has 2 aromatic rings. The molecule has 0 amide bonds. The summed E-state index contributed by atoms with van der Waals surface area (Å²) in [5, 5.41) is 18.7. The predicted octanol–water partition coefficient (Wildman–Crippen LogP) is 7.53. The summed E-state index contributed by atoms with van der Waals surface area (Å²) in [7, 11) is 0. The van der Waals surface area contributed by atoms with Crippen LogP contribution in [0.5, 0.6) is 11.5 Å². The Morgan fingerprint density at radius 1 is 0.692 bits per heavy atom. The highest BCUT2D eigenvalue weighted by Crippen LogP contribution is 2.36. The van der Waals surface area contributed by atoms with E-state index in [2.05, 4.69) is 6.08 Å². The molecule has 2 heteroatoms. The number of allylic oxidation sites excluding steroid dienone is 2. The van der Waals surface area contributed by atoms with Crippen LogP contribution in [0.15, 0.2) is 54.6 Å². The van der Waals surface area contributed by atoms with Crippen molar-refractivity contribution in [2.24, 2.45) is 0 Å². The topological polar surface area (TPSA) is 40.5 Å². The van der Waals surface area contributed by atoms with Gasteiger partial charge in [-0.25, -0.2) is 0 Å². The molecular weight excluding hydrogens is 320 g/mol. The average Bonchev–Trinajstić information content (AvgIpc) is 2.74. The third-order valence-corrected chi connectivity index (χ3v) is 3.92. The van der Waals surface area contributed by atoms with Gasteiger partial charge in [0.25, 0.3) is 0 Å². The van der Waals surface area contributed by atoms with E-state index >= 15 is 0 Å². The first-order chi connectivity index (χ1) is 12.7. The molecule has 2 nitrogen and oxygen atoms in total. The first-order valence-electron chi connectivity index (χ1n) is 10.0. The SMILES string of the molecule is CC.CC.CC.Oc1ccc(C2=CC(c3ccc(O)cc3)CCC2)cc1. The Morgan fingerprint density at radius 2 is 1.15 bits per heavy atom. The van der Waals surface area contributed by atoms with Crippen LogP contribution in [0.3, 0.4) is 0 Å². The Morgan fingerprint density at radius 3 is 1.65 bits per heavy atom. The van der Waals surface area contributed by atoms with Crippen LogP contribution in [-0.4, -0.2) is 10.2 Å². The summed E-state index contributed by atoms with van der Waals surface area (Å²) in [6.45, 7) is 12.0. The molecule has 0 aliphatic heterocycles. The molecule has 2 N–H and O–H groups in total. The molecule has 144 valence electrons. The molecule has 1 aliphatic carbocycles. The Labute approximate surface area is 160 Å². The maximum absolute atomic E-state index is 9.37. The lowest BCUT2D eigenvalue weighted by Gasteiger charge is -2.22. The van der Waals surface area contributed by atoms with Gasteiger partial charge >= 0.3 is 0 Å². The van der Waals surface area contributed by atoms with Crippen molar-refractivity contribution >= 4 is 5.57 Å². The minimum absolute atomic E-state index is 0.306. The zero-order valence-corrected chi connectivity index (χ0v) is 17.3. The molecule has 1 atom stereocenters. The zero-order chi connectivity index (χ0) is 19.9. The summed E-state index contributed by atoms with van der Waals surface area (Å²) in [6, 6.07) is 14.9. The molecule has 0 radical (unpaired) electrons. The molecule has 3 rings (SSSR count). The van der Waals surface area contributed by atoms with Gasteiger partial charge in [-0.3, -0.25) is 0 Å². The second kappa shape index (κ2) is 14.0. The molecule has 1 unspecified atom stereocenters. The van der Waals surface area contributed by atoms with Crippen molar-refractivity contribution in [3.8, 4) is 11.5 Å². The molecule has 26 heavy (non-hydrogen) atoms. The van der Waals surface area contributed by atoms with Gasteiger partial charge in [0.2, 0.25) is 0 Å². The Bertz CT molecular complexity index is 610. The third kappa shape index (κ3) is 7.35. The van der Waals surface area contributed by atoms with Gasteiger partial charge in [0, 0.05) is 5.92 Å². The van der Waals surface area contributed by atoms with E-state index in [9.17, 15) is 10.2 Å². The summed E-state index contributed by atoms with van der Waals surface area (Å²) in [5.41, 5.74) is 3.78. The third-order valence-electron chi connectivity index (χ3n) is 3.92. The number of aromatic hydroxyl groups is 2. The van der Waals surface area contributed by atoms with Gasteiger partial charge in [-0.1, -0.05) is 71.9 Å². The Kier molecular flexibility index (Phi) is 12.8. The first-order valence-corrected chi connectivity index (χ1v) is 10.0. The minimum Gasteiger partial charge on any atom is -0.508 e. The van der Waals surface area contributed by atoms with Gasteiger partial charge in [0.15, 0.2) is 0 Å². The first kappa shape index (κ1) is 23.8. The van der Waals surface area contributed by atoms with Crippen LogP contribution in [0, 0.1) is 0 Å². The normalized spacial score (nSPS) is 15.0. The fraction of sp³-hybridized carbons (Fsp3) is 0.417. The molecule has 0 bridgehead atoms. The molecule has 0 spiro atoms. The van der Waals surface area contributed by atoms with E-state index in [4.69, 9.17) is 0 Å². The highest BCUT2D eigenvalue weighted by atomic mass is 16.3. The predicted molar refractivity (Wildman–Crippen MR) is 115 cm³/mol. The maximum atomic E-state index is 9.37. The number of phenols is 2. The number of hydrogen-bond acceptors (Lipinski definition) is 2. The van der Waals surface area contributed by atoms with E-state index < -0.39 is 0 Å². The summed E-state index contributed by atoms with van der Waals surface area (Å²) < 4.78 is 0. The lowest BCUT2D eigenvalue weighted by molar-refractivity contribution is 0.474. The minimum atomic E-state index is 0.306. The van der Waals surface area contributed by atoms with Gasteiger partial charge in [-0.05, 0) is 60.2 Å². The molecular formula is C24H36O2. The second-order valence-corrected chi connectivity index (χ2v) is 5.33. The van der Waals surface area contributed by atoms with E-state index in [1.165, 1.54) is 16.7 Å². The van der Waals surface area contributed by atoms with Crippen LogP contribution in [0.4, 0.5) is 0 Å². The number of phenolic OH excluding ortho intramolecular Hbond substituents is 2. The van der Waals surface area contributed by atoms with Crippen LogP contribution in [0.1, 0.15) is 77.8 Å². The molecule has 1 aliphatic rings. The van der Waals surface area contributed by atoms with E-state index in [1.54, 1.807) is 24.3 Å². The van der Waals surface area contributed by atoms with Gasteiger partial charge in [-0.15, -0.1) is 0 Å². The van der Waals surface area contributed by atoms with E-state index in [0.29, 0.717) is 17.4 Å². The summed E-state index contributed by atoms with van der Waals surface area (Å²) in [4.78, 5) is 0. The van der Waals surface area contributed by atoms with Crippen LogP contribution >= 0.6 is 0 Å². The summed E-state index contributed by atoms with van der Waals surface area (Å²) in [5.74, 6) is 1.03. The summed E-state index contributed by atoms with van der Waals surface area (Å²) in [6.07, 6.45) is 5.71. The number of rotatable bonds is 2. The van der Waals surface area contributed by atoms with Crippen LogP contribution < -0.4 is 0 Å². The largest absolute Gasteiger partial charge is 0.508 e. The molecule has 0 fully saturated rings. The van der Waals surface area contributed by atoms with Gasteiger partial charge < -0.3 is 10.2 Å². The molecule has 2 aromatic carbocycles. The van der Waals surface area contributed by atoms with Crippen LogP contribution in [0.2, 0.25) is 0 Å². The van der Waals surface area contributed by atoms with Crippen molar-refractivity contribution in [2.45, 2.75) is 66.7 Å². The fourth-order valence-corrected chi connectivity index (χ4v) is 2.82. The summed E-state index contributed by atoms with van der Waals surface area (Å²) >= 11 is 0. The maximum Gasteiger partial charge on any atom is 0.115 e. The van der Waals surface area contributed by atoms with Crippen molar-refractivity contribution < 1.29 is 10.2 Å². The molecule has 0 saturated heterocycles. The lowest BCUT2D eigenvalue weighted by Crippen LogP contribution is -2.03. The van der Waals surface area contributed by atoms with Gasteiger partial charge in [0.05, 0.1) is 0 Å². The fourth-order valence-electron chi connectivity index (χ4n) is 2.82. The number of hydrogen-bond donors (Lipinski definition) is 2. The highest BCUT2D eigenvalue weighted by molar-refractivity contribution is 5.68.